The number of piperidine rings is 2. The summed E-state index contributed by atoms with van der Waals surface area (Å²) < 4.78 is 0. The molecule has 0 aliphatic carbocycles. The van der Waals surface area contributed by atoms with Gasteiger partial charge in [0.25, 0.3) is 0 Å². The minimum atomic E-state index is 0.112. The van der Waals surface area contributed by atoms with Crippen LogP contribution in [0.4, 0.5) is 5.82 Å². The number of nitrogens with zero attached hydrogens (tertiary/aromatic N) is 4. The fourth-order valence-corrected chi connectivity index (χ4v) is 4.99. The molecule has 0 saturated carbocycles. The number of hydrogen-bond acceptors (Lipinski definition) is 5. The Kier molecular flexibility index (Phi) is 4.88. The molecule has 0 unspecified atom stereocenters. The van der Waals surface area contributed by atoms with Crippen molar-refractivity contribution < 1.29 is 4.79 Å². The zero-order chi connectivity index (χ0) is 17.2. The van der Waals surface area contributed by atoms with E-state index in [4.69, 9.17) is 0 Å². The third kappa shape index (κ3) is 3.36. The Labute approximate surface area is 153 Å². The standard InChI is InChI=1S/C19H26N4OS/c1-2-15-11-16-17(20-13-21-18(16)25-15)23-10-6-7-14(12-23)19(24)22-8-4-3-5-9-22/h11,13-14H,2-10,12H2,1H3/t14-/m1/s1. The van der Waals surface area contributed by atoms with E-state index >= 15 is 0 Å². The molecule has 2 fully saturated rings. The average Bonchev–Trinajstić information content (AvgIpc) is 3.11. The van der Waals surface area contributed by atoms with Crippen molar-refractivity contribution in [1.29, 1.82) is 0 Å². The molecule has 0 radical (unpaired) electrons. The van der Waals surface area contributed by atoms with Gasteiger partial charge in [-0.25, -0.2) is 9.97 Å². The van der Waals surface area contributed by atoms with E-state index < -0.39 is 0 Å². The van der Waals surface area contributed by atoms with Crippen LogP contribution in [-0.4, -0.2) is 47.0 Å². The first-order valence-corrected chi connectivity index (χ1v) is 10.3. The molecule has 6 heteroatoms. The van der Waals surface area contributed by atoms with Gasteiger partial charge in [0.05, 0.1) is 11.3 Å². The van der Waals surface area contributed by atoms with Gasteiger partial charge in [-0.1, -0.05) is 6.92 Å². The van der Waals surface area contributed by atoms with Crippen molar-refractivity contribution in [1.82, 2.24) is 14.9 Å². The van der Waals surface area contributed by atoms with E-state index in [0.29, 0.717) is 5.91 Å². The van der Waals surface area contributed by atoms with Crippen molar-refractivity contribution in [3.05, 3.63) is 17.3 Å². The van der Waals surface area contributed by atoms with E-state index in [1.54, 1.807) is 17.7 Å². The summed E-state index contributed by atoms with van der Waals surface area (Å²) in [5.41, 5.74) is 0. The number of fused-ring (bicyclic) bond motifs is 1. The number of carbonyl (C=O) groups is 1. The second-order valence-corrected chi connectivity index (χ2v) is 8.27. The van der Waals surface area contributed by atoms with E-state index in [9.17, 15) is 4.79 Å². The van der Waals surface area contributed by atoms with Gasteiger partial charge < -0.3 is 9.80 Å². The van der Waals surface area contributed by atoms with Gasteiger partial charge >= 0.3 is 0 Å². The first-order valence-electron chi connectivity index (χ1n) is 9.53. The van der Waals surface area contributed by atoms with Gasteiger partial charge in [0.15, 0.2) is 0 Å². The molecule has 2 aliphatic heterocycles. The summed E-state index contributed by atoms with van der Waals surface area (Å²) in [4.78, 5) is 28.7. The molecule has 0 spiro atoms. The third-order valence-electron chi connectivity index (χ3n) is 5.45. The predicted octanol–water partition coefficient (Wildman–Crippen LogP) is 3.48. The molecule has 4 heterocycles. The highest BCUT2D eigenvalue weighted by molar-refractivity contribution is 7.18. The molecule has 2 aromatic heterocycles. The van der Waals surface area contributed by atoms with E-state index in [1.165, 1.54) is 11.3 Å². The van der Waals surface area contributed by atoms with Crippen molar-refractivity contribution in [2.75, 3.05) is 31.1 Å². The van der Waals surface area contributed by atoms with Crippen LogP contribution in [0, 0.1) is 5.92 Å². The van der Waals surface area contributed by atoms with E-state index in [0.717, 1.165) is 74.3 Å². The summed E-state index contributed by atoms with van der Waals surface area (Å²) in [7, 11) is 0. The van der Waals surface area contributed by atoms with Gasteiger partial charge in [-0.05, 0) is 44.6 Å². The Morgan fingerprint density at radius 2 is 2.04 bits per heavy atom. The summed E-state index contributed by atoms with van der Waals surface area (Å²) in [6.45, 7) is 5.83. The van der Waals surface area contributed by atoms with Crippen molar-refractivity contribution >= 4 is 33.3 Å². The summed E-state index contributed by atoms with van der Waals surface area (Å²) in [6, 6.07) is 2.23. The number of likely N-dealkylation sites (tertiary alicyclic amines) is 1. The molecule has 0 N–H and O–H groups in total. The van der Waals surface area contributed by atoms with Crippen LogP contribution in [0.3, 0.4) is 0 Å². The Morgan fingerprint density at radius 3 is 2.84 bits per heavy atom. The Hall–Kier alpha value is -1.69. The molecule has 2 aromatic rings. The van der Waals surface area contributed by atoms with Crippen LogP contribution in [0.2, 0.25) is 0 Å². The lowest BCUT2D eigenvalue weighted by Gasteiger charge is -2.36. The summed E-state index contributed by atoms with van der Waals surface area (Å²) in [5.74, 6) is 1.48. The van der Waals surface area contributed by atoms with Gasteiger partial charge in [0.1, 0.15) is 17.0 Å². The Morgan fingerprint density at radius 1 is 1.20 bits per heavy atom. The summed E-state index contributed by atoms with van der Waals surface area (Å²) >= 11 is 1.75. The van der Waals surface area contributed by atoms with Crippen LogP contribution < -0.4 is 4.90 Å². The van der Waals surface area contributed by atoms with Crippen LogP contribution >= 0.6 is 11.3 Å². The highest BCUT2D eigenvalue weighted by Crippen LogP contribution is 2.33. The van der Waals surface area contributed by atoms with E-state index in [1.807, 2.05) is 0 Å². The highest BCUT2D eigenvalue weighted by Gasteiger charge is 2.31. The molecule has 5 nitrogen and oxygen atoms in total. The molecule has 0 aromatic carbocycles. The van der Waals surface area contributed by atoms with Gasteiger partial charge in [0, 0.05) is 31.1 Å². The van der Waals surface area contributed by atoms with Crippen LogP contribution in [0.1, 0.15) is 43.9 Å². The lowest BCUT2D eigenvalue weighted by molar-refractivity contribution is -0.136. The molecule has 25 heavy (non-hydrogen) atoms. The lowest BCUT2D eigenvalue weighted by Crippen LogP contribution is -2.46. The minimum absolute atomic E-state index is 0.112. The second-order valence-electron chi connectivity index (χ2n) is 7.15. The maximum absolute atomic E-state index is 12.9. The number of hydrogen-bond donors (Lipinski definition) is 0. The van der Waals surface area contributed by atoms with E-state index in [2.05, 4.69) is 32.8 Å². The SMILES string of the molecule is CCc1cc2c(N3CCC[C@@H](C(=O)N4CCCCC4)C3)ncnc2s1. The first-order chi connectivity index (χ1) is 12.3. The van der Waals surface area contributed by atoms with Gasteiger partial charge in [-0.2, -0.15) is 0 Å². The summed E-state index contributed by atoms with van der Waals surface area (Å²) in [5, 5.41) is 1.15. The van der Waals surface area contributed by atoms with Crippen molar-refractivity contribution in [3.8, 4) is 0 Å². The van der Waals surface area contributed by atoms with Crippen LogP contribution in [0.25, 0.3) is 10.2 Å². The van der Waals surface area contributed by atoms with Crippen LogP contribution in [0.15, 0.2) is 12.4 Å². The van der Waals surface area contributed by atoms with Gasteiger partial charge in [-0.15, -0.1) is 11.3 Å². The maximum Gasteiger partial charge on any atom is 0.227 e. The average molecular weight is 359 g/mol. The minimum Gasteiger partial charge on any atom is -0.355 e. The molecule has 1 amide bonds. The Balaban J connectivity index is 1.55. The topological polar surface area (TPSA) is 49.3 Å². The quantitative estimate of drug-likeness (QED) is 0.843. The monoisotopic (exact) mass is 358 g/mol. The second kappa shape index (κ2) is 7.28. The van der Waals surface area contributed by atoms with Gasteiger partial charge in [-0.3, -0.25) is 4.79 Å². The predicted molar refractivity (Wildman–Crippen MR) is 102 cm³/mol. The molecule has 2 aliphatic rings. The maximum atomic E-state index is 12.9. The molecule has 1 atom stereocenters. The molecule has 4 rings (SSSR count). The number of carbonyl (C=O) groups excluding carboxylic acids is 1. The molecular weight excluding hydrogens is 332 g/mol. The first kappa shape index (κ1) is 16.8. The molecule has 0 bridgehead atoms. The highest BCUT2D eigenvalue weighted by atomic mass is 32.1. The number of aryl methyl sites for hydroxylation is 1. The smallest absolute Gasteiger partial charge is 0.227 e. The van der Waals surface area contributed by atoms with Crippen LogP contribution in [0.5, 0.6) is 0 Å². The number of rotatable bonds is 3. The van der Waals surface area contributed by atoms with Crippen molar-refractivity contribution in [2.45, 2.75) is 45.4 Å². The molecular formula is C19H26N4OS. The summed E-state index contributed by atoms with van der Waals surface area (Å²) in [6.07, 6.45) is 8.33. The number of aromatic nitrogens is 2. The van der Waals surface area contributed by atoms with E-state index in [-0.39, 0.29) is 5.92 Å². The fourth-order valence-electron chi connectivity index (χ4n) is 4.06. The fraction of sp³-hybridized carbons (Fsp3) is 0.632. The number of thiophene rings is 1. The van der Waals surface area contributed by atoms with Gasteiger partial charge in [0.2, 0.25) is 5.91 Å². The molecule has 2 saturated heterocycles. The normalized spacial score (nSPS) is 21.7. The largest absolute Gasteiger partial charge is 0.355 e. The Bertz CT molecular complexity index is 753. The zero-order valence-electron chi connectivity index (χ0n) is 14.9. The number of amides is 1. The van der Waals surface area contributed by atoms with Crippen molar-refractivity contribution in [2.24, 2.45) is 5.92 Å². The van der Waals surface area contributed by atoms with Crippen molar-refractivity contribution in [3.63, 3.8) is 0 Å². The van der Waals surface area contributed by atoms with Crippen LogP contribution in [-0.2, 0) is 11.2 Å². The lowest BCUT2D eigenvalue weighted by atomic mass is 9.95. The third-order valence-corrected chi connectivity index (χ3v) is 6.63. The molecule has 134 valence electrons. The zero-order valence-corrected chi connectivity index (χ0v) is 15.7. The number of anilines is 1.